The van der Waals surface area contributed by atoms with Gasteiger partial charge in [0.25, 0.3) is 5.91 Å². The van der Waals surface area contributed by atoms with E-state index in [1.807, 2.05) is 0 Å². The molecule has 2 heterocycles. The fourth-order valence-corrected chi connectivity index (χ4v) is 2.52. The lowest BCUT2D eigenvalue weighted by molar-refractivity contribution is -0.143. The van der Waals surface area contributed by atoms with Crippen LogP contribution in [0.4, 0.5) is 0 Å². The molecule has 1 amide bonds. The van der Waals surface area contributed by atoms with Crippen LogP contribution in [-0.4, -0.2) is 50.4 Å². The number of carbonyl (C=O) groups excluding carboxylic acids is 1. The Hall–Kier alpha value is -2.44. The molecule has 2 aromatic rings. The zero-order valence-corrected chi connectivity index (χ0v) is 10.7. The third-order valence-electron chi connectivity index (χ3n) is 3.62. The van der Waals surface area contributed by atoms with E-state index in [-0.39, 0.29) is 12.5 Å². The third kappa shape index (κ3) is 2.22. The smallest absolute Gasteiger partial charge is 0.308 e. The predicted octanol–water partition coefficient (Wildman–Crippen LogP) is 0.895. The number of aliphatic carboxylic acids is 1. The first-order valence-electron chi connectivity index (χ1n) is 6.48. The maximum atomic E-state index is 12.4. The number of hydrogen-bond donors (Lipinski definition) is 2. The number of aromatic nitrogens is 3. The molecule has 1 aliphatic rings. The van der Waals surface area contributed by atoms with Crippen molar-refractivity contribution in [3.8, 4) is 0 Å². The SMILES string of the molecule is O=C(O)[C@H]1CCCN(C(=O)c2ccc3n[nH]nc3c2)C1. The van der Waals surface area contributed by atoms with E-state index in [0.29, 0.717) is 29.6 Å². The molecule has 1 aromatic heterocycles. The Labute approximate surface area is 114 Å². The summed E-state index contributed by atoms with van der Waals surface area (Å²) in [6.07, 6.45) is 1.34. The minimum Gasteiger partial charge on any atom is -0.481 e. The van der Waals surface area contributed by atoms with Crippen LogP contribution in [0, 0.1) is 5.92 Å². The molecule has 3 rings (SSSR count). The van der Waals surface area contributed by atoms with Gasteiger partial charge in [0.15, 0.2) is 0 Å². The standard InChI is InChI=1S/C13H14N4O3/c18-12(17-5-1-2-9(7-17)13(19)20)8-3-4-10-11(6-8)15-16-14-10/h3-4,6,9H,1-2,5,7H2,(H,19,20)(H,14,15,16)/t9-/m0/s1. The van der Waals surface area contributed by atoms with Crippen LogP contribution >= 0.6 is 0 Å². The van der Waals surface area contributed by atoms with E-state index < -0.39 is 11.9 Å². The quantitative estimate of drug-likeness (QED) is 0.847. The zero-order chi connectivity index (χ0) is 14.1. The van der Waals surface area contributed by atoms with Crippen LogP contribution in [0.3, 0.4) is 0 Å². The van der Waals surface area contributed by atoms with Crippen molar-refractivity contribution in [2.75, 3.05) is 13.1 Å². The predicted molar refractivity (Wildman–Crippen MR) is 70.2 cm³/mol. The van der Waals surface area contributed by atoms with Crippen LogP contribution in [-0.2, 0) is 4.79 Å². The average Bonchev–Trinajstić information content (AvgIpc) is 2.94. The second kappa shape index (κ2) is 4.92. The van der Waals surface area contributed by atoms with Crippen LogP contribution in [0.1, 0.15) is 23.2 Å². The van der Waals surface area contributed by atoms with Crippen LogP contribution in [0.5, 0.6) is 0 Å². The van der Waals surface area contributed by atoms with Gasteiger partial charge in [-0.15, -0.1) is 0 Å². The number of carboxylic acid groups (broad SMARTS) is 1. The van der Waals surface area contributed by atoms with E-state index in [0.717, 1.165) is 6.42 Å². The highest BCUT2D eigenvalue weighted by Crippen LogP contribution is 2.20. The highest BCUT2D eigenvalue weighted by atomic mass is 16.4. The summed E-state index contributed by atoms with van der Waals surface area (Å²) in [7, 11) is 0. The van der Waals surface area contributed by atoms with E-state index in [9.17, 15) is 9.59 Å². The molecule has 0 radical (unpaired) electrons. The summed E-state index contributed by atoms with van der Waals surface area (Å²) in [4.78, 5) is 25.0. The molecule has 104 valence electrons. The Balaban J connectivity index is 1.82. The Bertz CT molecular complexity index is 666. The molecular weight excluding hydrogens is 260 g/mol. The molecule has 0 aliphatic carbocycles. The number of H-pyrrole nitrogens is 1. The molecular formula is C13H14N4O3. The maximum Gasteiger partial charge on any atom is 0.308 e. The van der Waals surface area contributed by atoms with Gasteiger partial charge in [0.1, 0.15) is 11.0 Å². The molecule has 1 aliphatic heterocycles. The molecule has 1 saturated heterocycles. The maximum absolute atomic E-state index is 12.4. The van der Waals surface area contributed by atoms with Gasteiger partial charge in [0, 0.05) is 18.7 Å². The fraction of sp³-hybridized carbons (Fsp3) is 0.385. The Kier molecular flexibility index (Phi) is 3.09. The van der Waals surface area contributed by atoms with E-state index in [4.69, 9.17) is 5.11 Å². The van der Waals surface area contributed by atoms with E-state index in [2.05, 4.69) is 15.4 Å². The largest absolute Gasteiger partial charge is 0.481 e. The zero-order valence-electron chi connectivity index (χ0n) is 10.7. The summed E-state index contributed by atoms with van der Waals surface area (Å²) in [5, 5.41) is 19.4. The van der Waals surface area contributed by atoms with Crippen LogP contribution < -0.4 is 0 Å². The first-order chi connectivity index (χ1) is 9.65. The number of rotatable bonds is 2. The summed E-state index contributed by atoms with van der Waals surface area (Å²) in [6, 6.07) is 5.09. The molecule has 2 N–H and O–H groups in total. The van der Waals surface area contributed by atoms with Crippen LogP contribution in [0.15, 0.2) is 18.2 Å². The van der Waals surface area contributed by atoms with Gasteiger partial charge in [-0.05, 0) is 31.0 Å². The van der Waals surface area contributed by atoms with Gasteiger partial charge in [-0.3, -0.25) is 9.59 Å². The van der Waals surface area contributed by atoms with Crippen molar-refractivity contribution in [1.29, 1.82) is 0 Å². The van der Waals surface area contributed by atoms with Crippen molar-refractivity contribution in [2.45, 2.75) is 12.8 Å². The second-order valence-electron chi connectivity index (χ2n) is 4.96. The number of amides is 1. The lowest BCUT2D eigenvalue weighted by atomic mass is 9.97. The van der Waals surface area contributed by atoms with Crippen LogP contribution in [0.25, 0.3) is 11.0 Å². The molecule has 0 saturated carbocycles. The number of aromatic amines is 1. The summed E-state index contributed by atoms with van der Waals surface area (Å²) >= 11 is 0. The average molecular weight is 274 g/mol. The molecule has 1 atom stereocenters. The van der Waals surface area contributed by atoms with Crippen molar-refractivity contribution in [3.63, 3.8) is 0 Å². The number of likely N-dealkylation sites (tertiary alicyclic amines) is 1. The van der Waals surface area contributed by atoms with Crippen molar-refractivity contribution in [1.82, 2.24) is 20.3 Å². The van der Waals surface area contributed by atoms with Gasteiger partial charge in [0.2, 0.25) is 0 Å². The number of nitrogens with one attached hydrogen (secondary N) is 1. The number of fused-ring (bicyclic) bond motifs is 1. The number of carboxylic acids is 1. The Morgan fingerprint density at radius 2 is 2.10 bits per heavy atom. The normalized spacial score (nSPS) is 19.2. The number of benzene rings is 1. The summed E-state index contributed by atoms with van der Waals surface area (Å²) in [5.74, 6) is -1.46. The molecule has 0 bridgehead atoms. The minimum atomic E-state index is -0.838. The lowest BCUT2D eigenvalue weighted by Crippen LogP contribution is -2.42. The van der Waals surface area contributed by atoms with E-state index in [1.165, 1.54) is 0 Å². The van der Waals surface area contributed by atoms with Crippen LogP contribution in [0.2, 0.25) is 0 Å². The number of nitrogens with zero attached hydrogens (tertiary/aromatic N) is 3. The van der Waals surface area contributed by atoms with Gasteiger partial charge in [0.05, 0.1) is 5.92 Å². The van der Waals surface area contributed by atoms with E-state index >= 15 is 0 Å². The topological polar surface area (TPSA) is 99.2 Å². The highest BCUT2D eigenvalue weighted by molar-refractivity contribution is 5.97. The lowest BCUT2D eigenvalue weighted by Gasteiger charge is -2.30. The number of carbonyl (C=O) groups is 2. The molecule has 1 fully saturated rings. The molecule has 7 nitrogen and oxygen atoms in total. The summed E-state index contributed by atoms with van der Waals surface area (Å²) in [5.41, 5.74) is 1.84. The van der Waals surface area contributed by atoms with Gasteiger partial charge in [-0.25, -0.2) is 0 Å². The molecule has 1 aromatic carbocycles. The molecule has 0 spiro atoms. The molecule has 0 unspecified atom stereocenters. The van der Waals surface area contributed by atoms with Crippen molar-refractivity contribution in [3.05, 3.63) is 23.8 Å². The van der Waals surface area contributed by atoms with Gasteiger partial charge in [-0.2, -0.15) is 15.4 Å². The first-order valence-corrected chi connectivity index (χ1v) is 6.48. The fourth-order valence-electron chi connectivity index (χ4n) is 2.52. The summed E-state index contributed by atoms with van der Waals surface area (Å²) < 4.78 is 0. The summed E-state index contributed by atoms with van der Waals surface area (Å²) in [6.45, 7) is 0.866. The number of hydrogen-bond acceptors (Lipinski definition) is 4. The van der Waals surface area contributed by atoms with Crippen molar-refractivity contribution >= 4 is 22.9 Å². The minimum absolute atomic E-state index is 0.152. The van der Waals surface area contributed by atoms with Crippen molar-refractivity contribution in [2.24, 2.45) is 5.92 Å². The highest BCUT2D eigenvalue weighted by Gasteiger charge is 2.28. The third-order valence-corrected chi connectivity index (χ3v) is 3.62. The first kappa shape index (κ1) is 12.6. The Morgan fingerprint density at radius 1 is 1.30 bits per heavy atom. The Morgan fingerprint density at radius 3 is 2.90 bits per heavy atom. The van der Waals surface area contributed by atoms with Gasteiger partial charge >= 0.3 is 5.97 Å². The van der Waals surface area contributed by atoms with E-state index in [1.54, 1.807) is 23.1 Å². The monoisotopic (exact) mass is 274 g/mol. The molecule has 20 heavy (non-hydrogen) atoms. The number of piperidine rings is 1. The van der Waals surface area contributed by atoms with Gasteiger partial charge in [-0.1, -0.05) is 0 Å². The second-order valence-corrected chi connectivity index (χ2v) is 4.96. The van der Waals surface area contributed by atoms with Crippen molar-refractivity contribution < 1.29 is 14.7 Å². The molecule has 7 heteroatoms. The van der Waals surface area contributed by atoms with Gasteiger partial charge < -0.3 is 10.0 Å².